The fraction of sp³-hybridized carbons (Fsp3) is 0.647. The Kier molecular flexibility index (Phi) is 5.86. The average Bonchev–Trinajstić information content (AvgIpc) is 2.54. The van der Waals surface area contributed by atoms with Crippen molar-refractivity contribution in [2.75, 3.05) is 13.2 Å². The molecule has 0 saturated carbocycles. The van der Waals surface area contributed by atoms with Gasteiger partial charge in [0.1, 0.15) is 17.7 Å². The predicted molar refractivity (Wildman–Crippen MR) is 91.7 cm³/mol. The summed E-state index contributed by atoms with van der Waals surface area (Å²) in [4.78, 5) is 4.28. The van der Waals surface area contributed by atoms with Crippen LogP contribution in [-0.4, -0.2) is 48.1 Å². The zero-order chi connectivity index (χ0) is 17.8. The SMILES string of the molecule is CC(C)(O)C(C)(C)OBc1cnc(OC2CCOCC2)c(C#N)c1. The van der Waals surface area contributed by atoms with E-state index in [2.05, 4.69) is 11.1 Å². The van der Waals surface area contributed by atoms with Gasteiger partial charge in [-0.25, -0.2) is 4.98 Å². The number of nitrogens with zero attached hydrogens (tertiary/aromatic N) is 2. The van der Waals surface area contributed by atoms with Crippen LogP contribution in [0.5, 0.6) is 5.88 Å². The second-order valence-corrected chi connectivity index (χ2v) is 7.10. The summed E-state index contributed by atoms with van der Waals surface area (Å²) in [5.41, 5.74) is -0.548. The summed E-state index contributed by atoms with van der Waals surface area (Å²) in [6.45, 7) is 8.41. The first-order valence-electron chi connectivity index (χ1n) is 8.23. The summed E-state index contributed by atoms with van der Waals surface area (Å²) in [6, 6.07) is 3.85. The lowest BCUT2D eigenvalue weighted by Crippen LogP contribution is -2.49. The molecule has 0 aromatic carbocycles. The van der Waals surface area contributed by atoms with E-state index in [0.717, 1.165) is 18.3 Å². The number of pyridine rings is 1. The molecule has 1 N–H and O–H groups in total. The summed E-state index contributed by atoms with van der Waals surface area (Å²) in [6.07, 6.45) is 3.29. The average molecular weight is 332 g/mol. The van der Waals surface area contributed by atoms with Gasteiger partial charge in [-0.05, 0) is 39.2 Å². The summed E-state index contributed by atoms with van der Waals surface area (Å²) in [5, 5.41) is 19.5. The van der Waals surface area contributed by atoms with Gasteiger partial charge in [0, 0.05) is 19.0 Å². The van der Waals surface area contributed by atoms with Crippen LogP contribution in [0.2, 0.25) is 0 Å². The molecule has 0 atom stereocenters. The minimum Gasteiger partial charge on any atom is -0.473 e. The van der Waals surface area contributed by atoms with Gasteiger partial charge in [-0.2, -0.15) is 5.26 Å². The Hall–Kier alpha value is -1.62. The van der Waals surface area contributed by atoms with Gasteiger partial charge < -0.3 is 19.2 Å². The zero-order valence-corrected chi connectivity index (χ0v) is 14.8. The number of aliphatic hydroxyl groups is 1. The van der Waals surface area contributed by atoms with Gasteiger partial charge in [0.05, 0.1) is 24.4 Å². The van der Waals surface area contributed by atoms with Crippen molar-refractivity contribution >= 4 is 12.9 Å². The summed E-state index contributed by atoms with van der Waals surface area (Å²) < 4.78 is 17.0. The van der Waals surface area contributed by atoms with Crippen LogP contribution in [0.15, 0.2) is 12.3 Å². The van der Waals surface area contributed by atoms with Crippen LogP contribution in [0.4, 0.5) is 0 Å². The van der Waals surface area contributed by atoms with E-state index in [4.69, 9.17) is 14.1 Å². The molecule has 6 nitrogen and oxygen atoms in total. The van der Waals surface area contributed by atoms with Crippen LogP contribution in [0.1, 0.15) is 46.1 Å². The van der Waals surface area contributed by atoms with E-state index in [0.29, 0.717) is 24.7 Å². The fourth-order valence-electron chi connectivity index (χ4n) is 2.14. The first kappa shape index (κ1) is 18.7. The molecule has 0 radical (unpaired) electrons. The number of aromatic nitrogens is 1. The third-order valence-corrected chi connectivity index (χ3v) is 4.55. The Morgan fingerprint density at radius 1 is 1.33 bits per heavy atom. The smallest absolute Gasteiger partial charge is 0.311 e. The standard InChI is InChI=1S/C17H25BN2O4/c1-16(2,21)17(3,4)24-18-13-9-12(10-19)15(20-11-13)23-14-5-7-22-8-6-14/h9,11,14,18,21H,5-8H2,1-4H3. The van der Waals surface area contributed by atoms with E-state index in [-0.39, 0.29) is 13.6 Å². The molecular formula is C17H25BN2O4. The van der Waals surface area contributed by atoms with Gasteiger partial charge in [0.25, 0.3) is 0 Å². The molecule has 0 bridgehead atoms. The molecule has 1 aliphatic rings. The fourth-order valence-corrected chi connectivity index (χ4v) is 2.14. The number of hydrogen-bond donors (Lipinski definition) is 1. The molecule has 2 rings (SSSR count). The first-order chi connectivity index (χ1) is 11.2. The van der Waals surface area contributed by atoms with Crippen LogP contribution < -0.4 is 10.2 Å². The maximum absolute atomic E-state index is 10.1. The molecule has 0 amide bonds. The van der Waals surface area contributed by atoms with Crippen LogP contribution in [0.3, 0.4) is 0 Å². The Balaban J connectivity index is 2.04. The van der Waals surface area contributed by atoms with Gasteiger partial charge in [0.2, 0.25) is 5.88 Å². The molecular weight excluding hydrogens is 307 g/mol. The highest BCUT2D eigenvalue weighted by molar-refractivity contribution is 6.47. The molecule has 1 fully saturated rings. The molecule has 1 saturated heterocycles. The molecule has 0 aliphatic carbocycles. The molecule has 1 aromatic heterocycles. The monoisotopic (exact) mass is 332 g/mol. The predicted octanol–water partition coefficient (Wildman–Crippen LogP) is 1.05. The number of nitriles is 1. The molecule has 1 aliphatic heterocycles. The van der Waals surface area contributed by atoms with Gasteiger partial charge in [-0.1, -0.05) is 0 Å². The Morgan fingerprint density at radius 2 is 2.00 bits per heavy atom. The number of rotatable bonds is 6. The molecule has 1 aromatic rings. The first-order valence-corrected chi connectivity index (χ1v) is 8.23. The highest BCUT2D eigenvalue weighted by Gasteiger charge is 2.35. The highest BCUT2D eigenvalue weighted by Crippen LogP contribution is 2.24. The molecule has 0 spiro atoms. The van der Waals surface area contributed by atoms with Crippen molar-refractivity contribution in [1.29, 1.82) is 5.26 Å². The normalized spacial score (nSPS) is 16.5. The van der Waals surface area contributed by atoms with Crippen LogP contribution in [-0.2, 0) is 9.39 Å². The minimum atomic E-state index is -0.982. The van der Waals surface area contributed by atoms with Crippen molar-refractivity contribution in [3.63, 3.8) is 0 Å². The van der Waals surface area contributed by atoms with Crippen LogP contribution in [0.25, 0.3) is 0 Å². The molecule has 24 heavy (non-hydrogen) atoms. The van der Waals surface area contributed by atoms with Crippen molar-refractivity contribution in [2.24, 2.45) is 0 Å². The van der Waals surface area contributed by atoms with E-state index < -0.39 is 11.2 Å². The zero-order valence-electron chi connectivity index (χ0n) is 14.8. The lowest BCUT2D eigenvalue weighted by atomic mass is 9.83. The maximum atomic E-state index is 10.1. The van der Waals surface area contributed by atoms with Crippen molar-refractivity contribution in [3.05, 3.63) is 17.8 Å². The third-order valence-electron chi connectivity index (χ3n) is 4.55. The van der Waals surface area contributed by atoms with E-state index in [1.807, 2.05) is 13.8 Å². The number of ether oxygens (including phenoxy) is 2. The van der Waals surface area contributed by atoms with Crippen LogP contribution in [0, 0.1) is 11.3 Å². The second kappa shape index (κ2) is 7.52. The Labute approximate surface area is 144 Å². The van der Waals surface area contributed by atoms with E-state index in [1.54, 1.807) is 26.1 Å². The molecule has 0 unspecified atom stereocenters. The van der Waals surface area contributed by atoms with Crippen molar-refractivity contribution in [1.82, 2.24) is 4.98 Å². The quantitative estimate of drug-likeness (QED) is 0.784. The third kappa shape index (κ3) is 4.70. The van der Waals surface area contributed by atoms with Crippen molar-refractivity contribution < 1.29 is 19.2 Å². The Bertz CT molecular complexity index is 602. The van der Waals surface area contributed by atoms with Crippen LogP contribution >= 0.6 is 0 Å². The molecule has 2 heterocycles. The van der Waals surface area contributed by atoms with Gasteiger partial charge in [0.15, 0.2) is 0 Å². The van der Waals surface area contributed by atoms with E-state index >= 15 is 0 Å². The largest absolute Gasteiger partial charge is 0.473 e. The Morgan fingerprint density at radius 3 is 2.58 bits per heavy atom. The van der Waals surface area contributed by atoms with E-state index in [1.165, 1.54) is 0 Å². The van der Waals surface area contributed by atoms with Gasteiger partial charge >= 0.3 is 7.48 Å². The lowest BCUT2D eigenvalue weighted by Gasteiger charge is -2.37. The minimum absolute atomic E-state index is 0.0366. The number of hydrogen-bond acceptors (Lipinski definition) is 6. The van der Waals surface area contributed by atoms with Crippen molar-refractivity contribution in [2.45, 2.75) is 57.8 Å². The highest BCUT2D eigenvalue weighted by atomic mass is 16.5. The summed E-state index contributed by atoms with van der Waals surface area (Å²) in [7, 11) is 0.260. The van der Waals surface area contributed by atoms with Gasteiger partial charge in [-0.3, -0.25) is 0 Å². The van der Waals surface area contributed by atoms with E-state index in [9.17, 15) is 10.4 Å². The summed E-state index contributed by atoms with van der Waals surface area (Å²) in [5.74, 6) is 0.356. The van der Waals surface area contributed by atoms with Gasteiger partial charge in [-0.15, -0.1) is 0 Å². The maximum Gasteiger partial charge on any atom is 0.311 e. The topological polar surface area (TPSA) is 84.6 Å². The molecule has 130 valence electrons. The molecule has 7 heteroatoms. The lowest BCUT2D eigenvalue weighted by molar-refractivity contribution is -0.0893. The second-order valence-electron chi connectivity index (χ2n) is 7.10. The summed E-state index contributed by atoms with van der Waals surface area (Å²) >= 11 is 0. The van der Waals surface area contributed by atoms with Crippen molar-refractivity contribution in [3.8, 4) is 11.9 Å².